The van der Waals surface area contributed by atoms with Gasteiger partial charge in [0.2, 0.25) is 0 Å². The molecule has 0 saturated carbocycles. The van der Waals surface area contributed by atoms with Crippen LogP contribution in [-0.4, -0.2) is 33.5 Å². The van der Waals surface area contributed by atoms with Crippen molar-refractivity contribution in [3.05, 3.63) is 24.2 Å². The molecular weight excluding hydrogens is 288 g/mol. The van der Waals surface area contributed by atoms with Gasteiger partial charge in [0.25, 0.3) is 0 Å². The molecule has 8 heteroatoms. The number of aromatic nitrogens is 3. The van der Waals surface area contributed by atoms with Crippen LogP contribution in [0, 0.1) is 0 Å². The van der Waals surface area contributed by atoms with Gasteiger partial charge in [0.05, 0.1) is 12.2 Å². The molecule has 2 aromatic heterocycles. The van der Waals surface area contributed by atoms with Gasteiger partial charge in [-0.15, -0.1) is 0 Å². The Morgan fingerprint density at radius 3 is 2.52 bits per heavy atom. The molecule has 21 heavy (non-hydrogen) atoms. The van der Waals surface area contributed by atoms with E-state index in [1.807, 2.05) is 20.8 Å². The van der Waals surface area contributed by atoms with E-state index in [2.05, 4.69) is 15.4 Å². The highest BCUT2D eigenvalue weighted by Gasteiger charge is 2.40. The summed E-state index contributed by atoms with van der Waals surface area (Å²) in [6.45, 7) is 4.69. The fourth-order valence-corrected chi connectivity index (χ4v) is 1.70. The van der Waals surface area contributed by atoms with E-state index in [4.69, 9.17) is 0 Å². The number of fused-ring (bicyclic) bond motifs is 1. The highest BCUT2D eigenvalue weighted by Crippen LogP contribution is 2.26. The Bertz CT molecular complexity index is 631. The Labute approximate surface area is 119 Å². The Hall–Kier alpha value is -1.86. The summed E-state index contributed by atoms with van der Waals surface area (Å²) < 4.78 is 51.7. The zero-order chi connectivity index (χ0) is 15.8. The third-order valence-electron chi connectivity index (χ3n) is 2.97. The molecule has 1 N–H and O–H groups in total. The summed E-state index contributed by atoms with van der Waals surface area (Å²) >= 11 is 0. The first-order chi connectivity index (χ1) is 9.61. The standard InChI is InChI=1S/C13H16F4N4/c1-12(2,3)9-6-8-10(18-4-5-21(8)20-9)19-7-13(16,17)11(14)15/h4-6,11H,7H2,1-3H3,(H,18,19). The zero-order valence-electron chi connectivity index (χ0n) is 11.9. The summed E-state index contributed by atoms with van der Waals surface area (Å²) in [6, 6.07) is 1.70. The lowest BCUT2D eigenvalue weighted by atomic mass is 9.92. The van der Waals surface area contributed by atoms with Gasteiger partial charge >= 0.3 is 12.3 Å². The first kappa shape index (κ1) is 15.5. The van der Waals surface area contributed by atoms with E-state index in [9.17, 15) is 17.6 Å². The van der Waals surface area contributed by atoms with E-state index in [1.54, 1.807) is 12.3 Å². The lowest BCUT2D eigenvalue weighted by Gasteiger charge is -2.16. The number of hydrogen-bond acceptors (Lipinski definition) is 3. The summed E-state index contributed by atoms with van der Waals surface area (Å²) in [5.74, 6) is -4.01. The molecule has 2 rings (SSSR count). The van der Waals surface area contributed by atoms with Crippen LogP contribution in [0.25, 0.3) is 5.52 Å². The minimum Gasteiger partial charge on any atom is -0.362 e. The normalized spacial score (nSPS) is 13.1. The van der Waals surface area contributed by atoms with Crippen LogP contribution in [0.4, 0.5) is 23.4 Å². The van der Waals surface area contributed by atoms with Crippen molar-refractivity contribution in [2.75, 3.05) is 11.9 Å². The first-order valence-electron chi connectivity index (χ1n) is 6.36. The molecule has 2 heterocycles. The topological polar surface area (TPSA) is 42.2 Å². The maximum absolute atomic E-state index is 13.0. The molecule has 0 radical (unpaired) electrons. The van der Waals surface area contributed by atoms with Crippen LogP contribution in [0.2, 0.25) is 0 Å². The predicted octanol–water partition coefficient (Wildman–Crippen LogP) is 3.34. The van der Waals surface area contributed by atoms with Crippen molar-refractivity contribution in [2.24, 2.45) is 0 Å². The second-order valence-electron chi connectivity index (χ2n) is 5.80. The minimum absolute atomic E-state index is 0.0980. The summed E-state index contributed by atoms with van der Waals surface area (Å²) in [7, 11) is 0. The van der Waals surface area contributed by atoms with Gasteiger partial charge in [-0.3, -0.25) is 0 Å². The average Bonchev–Trinajstić information content (AvgIpc) is 2.80. The van der Waals surface area contributed by atoms with Gasteiger partial charge in [0, 0.05) is 17.8 Å². The largest absolute Gasteiger partial charge is 0.362 e. The summed E-state index contributed by atoms with van der Waals surface area (Å²) in [5.41, 5.74) is 0.989. The van der Waals surface area contributed by atoms with Gasteiger partial charge in [0.15, 0.2) is 5.82 Å². The summed E-state index contributed by atoms with van der Waals surface area (Å²) in [4.78, 5) is 3.91. The van der Waals surface area contributed by atoms with Gasteiger partial charge in [-0.2, -0.15) is 13.9 Å². The Kier molecular flexibility index (Phi) is 3.81. The van der Waals surface area contributed by atoms with Crippen LogP contribution < -0.4 is 5.32 Å². The molecule has 0 atom stereocenters. The molecule has 116 valence electrons. The Morgan fingerprint density at radius 2 is 1.95 bits per heavy atom. The molecule has 0 fully saturated rings. The SMILES string of the molecule is CC(C)(C)c1cc2c(NCC(F)(F)C(F)F)nccn2n1. The molecule has 0 aliphatic carbocycles. The van der Waals surface area contributed by atoms with Crippen LogP contribution in [0.1, 0.15) is 26.5 Å². The molecule has 0 saturated heterocycles. The van der Waals surface area contributed by atoms with E-state index in [0.717, 1.165) is 5.69 Å². The monoisotopic (exact) mass is 304 g/mol. The van der Waals surface area contributed by atoms with Crippen LogP contribution in [0.5, 0.6) is 0 Å². The van der Waals surface area contributed by atoms with Gasteiger partial charge in [-0.05, 0) is 6.07 Å². The van der Waals surface area contributed by atoms with Crippen molar-refractivity contribution < 1.29 is 17.6 Å². The number of halogens is 4. The smallest absolute Gasteiger partial charge is 0.324 e. The molecule has 0 aliphatic rings. The van der Waals surface area contributed by atoms with E-state index < -0.39 is 18.9 Å². The predicted molar refractivity (Wildman–Crippen MR) is 71.1 cm³/mol. The van der Waals surface area contributed by atoms with Gasteiger partial charge < -0.3 is 5.32 Å². The summed E-state index contributed by atoms with van der Waals surface area (Å²) in [6.07, 6.45) is -0.782. The van der Waals surface area contributed by atoms with Crippen molar-refractivity contribution in [1.82, 2.24) is 14.6 Å². The van der Waals surface area contributed by atoms with Crippen molar-refractivity contribution >= 4 is 11.3 Å². The number of alkyl halides is 4. The van der Waals surface area contributed by atoms with Gasteiger partial charge in [-0.25, -0.2) is 18.3 Å². The molecule has 0 spiro atoms. The highest BCUT2D eigenvalue weighted by atomic mass is 19.3. The molecule has 0 amide bonds. The van der Waals surface area contributed by atoms with Crippen LogP contribution >= 0.6 is 0 Å². The van der Waals surface area contributed by atoms with E-state index >= 15 is 0 Å². The molecule has 0 unspecified atom stereocenters. The van der Waals surface area contributed by atoms with Crippen molar-refractivity contribution in [2.45, 2.75) is 38.5 Å². The minimum atomic E-state index is -4.11. The van der Waals surface area contributed by atoms with Crippen LogP contribution in [0.15, 0.2) is 18.5 Å². The van der Waals surface area contributed by atoms with E-state index in [0.29, 0.717) is 5.52 Å². The molecule has 4 nitrogen and oxygen atoms in total. The quantitative estimate of drug-likeness (QED) is 0.881. The van der Waals surface area contributed by atoms with Gasteiger partial charge in [0.1, 0.15) is 5.52 Å². The highest BCUT2D eigenvalue weighted by molar-refractivity contribution is 5.68. The lowest BCUT2D eigenvalue weighted by molar-refractivity contribution is -0.117. The fraction of sp³-hybridized carbons (Fsp3) is 0.538. The Balaban J connectivity index is 2.31. The number of anilines is 1. The van der Waals surface area contributed by atoms with Crippen molar-refractivity contribution in [1.29, 1.82) is 0 Å². The third-order valence-corrected chi connectivity index (χ3v) is 2.97. The molecular formula is C13H16F4N4. The molecule has 0 aromatic carbocycles. The van der Waals surface area contributed by atoms with Crippen LogP contribution in [-0.2, 0) is 5.41 Å². The van der Waals surface area contributed by atoms with Crippen molar-refractivity contribution in [3.63, 3.8) is 0 Å². The third kappa shape index (κ3) is 3.25. The first-order valence-corrected chi connectivity index (χ1v) is 6.36. The summed E-state index contributed by atoms with van der Waals surface area (Å²) in [5, 5.41) is 6.60. The lowest BCUT2D eigenvalue weighted by Crippen LogP contribution is -2.35. The zero-order valence-corrected chi connectivity index (χ0v) is 11.9. The second-order valence-corrected chi connectivity index (χ2v) is 5.80. The number of nitrogens with one attached hydrogen (secondary N) is 1. The molecule has 0 aliphatic heterocycles. The van der Waals surface area contributed by atoms with E-state index in [-0.39, 0.29) is 11.2 Å². The maximum atomic E-state index is 13.0. The number of hydrogen-bond donors (Lipinski definition) is 1. The average molecular weight is 304 g/mol. The number of rotatable bonds is 4. The molecule has 0 bridgehead atoms. The fourth-order valence-electron chi connectivity index (χ4n) is 1.70. The Morgan fingerprint density at radius 1 is 1.29 bits per heavy atom. The molecule has 2 aromatic rings. The van der Waals surface area contributed by atoms with Crippen molar-refractivity contribution in [3.8, 4) is 0 Å². The van der Waals surface area contributed by atoms with Gasteiger partial charge in [-0.1, -0.05) is 20.8 Å². The second kappa shape index (κ2) is 5.16. The van der Waals surface area contributed by atoms with Crippen LogP contribution in [0.3, 0.4) is 0 Å². The number of nitrogens with zero attached hydrogens (tertiary/aromatic N) is 3. The maximum Gasteiger partial charge on any atom is 0.324 e. The van der Waals surface area contributed by atoms with E-state index in [1.165, 1.54) is 10.7 Å².